The van der Waals surface area contributed by atoms with E-state index in [1.165, 1.54) is 0 Å². The van der Waals surface area contributed by atoms with Gasteiger partial charge in [-0.25, -0.2) is 4.39 Å². The van der Waals surface area contributed by atoms with Crippen molar-refractivity contribution in [3.05, 3.63) is 39.7 Å². The number of carbonyl (C=O) groups excluding carboxylic acids is 1. The van der Waals surface area contributed by atoms with Gasteiger partial charge in [0.25, 0.3) is 11.6 Å². The molecule has 1 aliphatic rings. The fourth-order valence-corrected chi connectivity index (χ4v) is 1.79. The molecule has 0 unspecified atom stereocenters. The number of hydrogen-bond donors (Lipinski definition) is 2. The molecule has 0 saturated heterocycles. The predicted molar refractivity (Wildman–Crippen MR) is 59.5 cm³/mol. The Hall–Kier alpha value is -2.02. The second kappa shape index (κ2) is 4.69. The molecule has 7 heteroatoms. The lowest BCUT2D eigenvalue weighted by atomic mass is 9.89. The van der Waals surface area contributed by atoms with E-state index in [9.17, 15) is 19.3 Å². The van der Waals surface area contributed by atoms with Gasteiger partial charge in [-0.3, -0.25) is 14.9 Å². The van der Waals surface area contributed by atoms with E-state index in [1.807, 2.05) is 0 Å². The van der Waals surface area contributed by atoms with Crippen LogP contribution in [-0.2, 0) is 0 Å². The summed E-state index contributed by atoms with van der Waals surface area (Å²) in [6.45, 7) is 0. The quantitative estimate of drug-likeness (QED) is 0.621. The summed E-state index contributed by atoms with van der Waals surface area (Å²) in [6, 6.07) is 2.56. The zero-order chi connectivity index (χ0) is 13.3. The fraction of sp³-hybridized carbons (Fsp3) is 0.364. The second-order valence-corrected chi connectivity index (χ2v) is 4.25. The van der Waals surface area contributed by atoms with E-state index in [-0.39, 0.29) is 11.6 Å². The third-order valence-electron chi connectivity index (χ3n) is 2.80. The number of nitrogens with one attached hydrogen (secondary N) is 1. The van der Waals surface area contributed by atoms with Crippen molar-refractivity contribution in [2.24, 2.45) is 0 Å². The first kappa shape index (κ1) is 12.4. The molecule has 1 saturated carbocycles. The van der Waals surface area contributed by atoms with E-state index >= 15 is 0 Å². The van der Waals surface area contributed by atoms with Crippen LogP contribution in [0.15, 0.2) is 18.2 Å². The number of nitrogens with zero attached hydrogens (tertiary/aromatic N) is 1. The largest absolute Gasteiger partial charge is 0.393 e. The molecule has 6 nitrogen and oxygen atoms in total. The summed E-state index contributed by atoms with van der Waals surface area (Å²) in [4.78, 5) is 21.5. The van der Waals surface area contributed by atoms with Crippen molar-refractivity contribution in [1.82, 2.24) is 5.32 Å². The van der Waals surface area contributed by atoms with Crippen molar-refractivity contribution in [3.8, 4) is 0 Å². The first-order valence-corrected chi connectivity index (χ1v) is 5.39. The Labute approximate surface area is 102 Å². The number of nitro groups is 1. The molecule has 0 aromatic heterocycles. The van der Waals surface area contributed by atoms with Gasteiger partial charge in [-0.1, -0.05) is 0 Å². The van der Waals surface area contributed by atoms with Gasteiger partial charge in [-0.05, 0) is 18.9 Å². The molecule has 18 heavy (non-hydrogen) atoms. The lowest BCUT2D eigenvalue weighted by Crippen LogP contribution is -2.46. The van der Waals surface area contributed by atoms with E-state index in [1.54, 1.807) is 0 Å². The molecule has 1 fully saturated rings. The van der Waals surface area contributed by atoms with Crippen molar-refractivity contribution in [2.75, 3.05) is 0 Å². The van der Waals surface area contributed by atoms with Crippen LogP contribution >= 0.6 is 0 Å². The molecule has 0 heterocycles. The molecule has 1 aromatic rings. The minimum Gasteiger partial charge on any atom is -0.393 e. The SMILES string of the molecule is O=C(NC1CC(O)C1)c1cc(F)cc([N+](=O)[O-])c1. The van der Waals surface area contributed by atoms with E-state index in [0.29, 0.717) is 12.8 Å². The average Bonchev–Trinajstić information content (AvgIpc) is 2.26. The molecule has 0 bridgehead atoms. The Kier molecular flexibility index (Phi) is 3.24. The highest BCUT2D eigenvalue weighted by molar-refractivity contribution is 5.95. The van der Waals surface area contributed by atoms with Gasteiger partial charge >= 0.3 is 0 Å². The summed E-state index contributed by atoms with van der Waals surface area (Å²) in [6.07, 6.45) is 0.476. The van der Waals surface area contributed by atoms with Gasteiger partial charge in [0.2, 0.25) is 0 Å². The minimum atomic E-state index is -0.831. The number of non-ortho nitro benzene ring substituents is 1. The van der Waals surface area contributed by atoms with Gasteiger partial charge in [-0.2, -0.15) is 0 Å². The van der Waals surface area contributed by atoms with Crippen molar-refractivity contribution in [1.29, 1.82) is 0 Å². The lowest BCUT2D eigenvalue weighted by molar-refractivity contribution is -0.385. The number of carbonyl (C=O) groups is 1. The highest BCUT2D eigenvalue weighted by Crippen LogP contribution is 2.21. The van der Waals surface area contributed by atoms with E-state index in [2.05, 4.69) is 5.32 Å². The molecule has 1 amide bonds. The van der Waals surface area contributed by atoms with Gasteiger partial charge in [-0.15, -0.1) is 0 Å². The summed E-state index contributed by atoms with van der Waals surface area (Å²) >= 11 is 0. The number of halogens is 1. The van der Waals surface area contributed by atoms with Crippen LogP contribution in [0.3, 0.4) is 0 Å². The first-order valence-electron chi connectivity index (χ1n) is 5.39. The van der Waals surface area contributed by atoms with Crippen LogP contribution in [0.1, 0.15) is 23.2 Å². The maximum Gasteiger partial charge on any atom is 0.273 e. The van der Waals surface area contributed by atoms with Crippen LogP contribution in [0.2, 0.25) is 0 Å². The maximum atomic E-state index is 13.1. The Balaban J connectivity index is 2.12. The number of amides is 1. The van der Waals surface area contributed by atoms with Gasteiger partial charge in [0.15, 0.2) is 0 Å². The predicted octanol–water partition coefficient (Wildman–Crippen LogP) is 0.987. The van der Waals surface area contributed by atoms with Crippen LogP contribution < -0.4 is 5.32 Å². The Bertz CT molecular complexity index is 500. The standard InChI is InChI=1S/C11H11FN2O4/c12-7-1-6(2-9(3-7)14(17)18)11(16)13-8-4-10(15)5-8/h1-3,8,10,15H,4-5H2,(H,13,16). The molecule has 0 radical (unpaired) electrons. The molecule has 0 spiro atoms. The Morgan fingerprint density at radius 3 is 2.67 bits per heavy atom. The van der Waals surface area contributed by atoms with Gasteiger partial charge in [0.1, 0.15) is 5.82 Å². The second-order valence-electron chi connectivity index (χ2n) is 4.25. The van der Waals surface area contributed by atoms with Crippen LogP contribution in [0.4, 0.5) is 10.1 Å². The third kappa shape index (κ3) is 2.62. The normalized spacial score (nSPS) is 22.1. The maximum absolute atomic E-state index is 13.1. The summed E-state index contributed by atoms with van der Waals surface area (Å²) in [7, 11) is 0. The zero-order valence-electron chi connectivity index (χ0n) is 9.30. The Morgan fingerprint density at radius 1 is 1.44 bits per heavy atom. The highest BCUT2D eigenvalue weighted by atomic mass is 19.1. The van der Waals surface area contributed by atoms with E-state index in [0.717, 1.165) is 18.2 Å². The van der Waals surface area contributed by atoms with Crippen molar-refractivity contribution in [3.63, 3.8) is 0 Å². The molecule has 0 atom stereocenters. The zero-order valence-corrected chi connectivity index (χ0v) is 9.30. The smallest absolute Gasteiger partial charge is 0.273 e. The number of nitro benzene ring substituents is 1. The first-order chi connectivity index (χ1) is 8.45. The molecular formula is C11H11FN2O4. The topological polar surface area (TPSA) is 92.5 Å². The molecule has 1 aromatic carbocycles. The van der Waals surface area contributed by atoms with E-state index < -0.39 is 28.4 Å². The number of aliphatic hydroxyl groups excluding tert-OH is 1. The van der Waals surface area contributed by atoms with Crippen LogP contribution in [0.25, 0.3) is 0 Å². The van der Waals surface area contributed by atoms with Gasteiger partial charge in [0.05, 0.1) is 17.1 Å². The van der Waals surface area contributed by atoms with Gasteiger partial charge < -0.3 is 10.4 Å². The van der Waals surface area contributed by atoms with Crippen molar-refractivity contribution in [2.45, 2.75) is 25.0 Å². The molecule has 0 aliphatic heterocycles. The van der Waals surface area contributed by atoms with E-state index in [4.69, 9.17) is 5.11 Å². The molecular weight excluding hydrogens is 243 g/mol. The van der Waals surface area contributed by atoms with Crippen LogP contribution in [0.5, 0.6) is 0 Å². The molecule has 1 aliphatic carbocycles. The Morgan fingerprint density at radius 2 is 2.11 bits per heavy atom. The summed E-state index contributed by atoms with van der Waals surface area (Å²) in [5.41, 5.74) is -0.558. The number of rotatable bonds is 3. The van der Waals surface area contributed by atoms with Crippen LogP contribution in [0, 0.1) is 15.9 Å². The lowest BCUT2D eigenvalue weighted by Gasteiger charge is -2.31. The third-order valence-corrected chi connectivity index (χ3v) is 2.80. The van der Waals surface area contributed by atoms with Crippen LogP contribution in [-0.4, -0.2) is 28.1 Å². The summed E-state index contributed by atoms with van der Waals surface area (Å²) < 4.78 is 13.1. The fourth-order valence-electron chi connectivity index (χ4n) is 1.79. The molecule has 96 valence electrons. The number of benzene rings is 1. The number of aliphatic hydroxyl groups is 1. The van der Waals surface area contributed by atoms with Crippen molar-refractivity contribution < 1.29 is 19.2 Å². The highest BCUT2D eigenvalue weighted by Gasteiger charge is 2.29. The molecule has 2 rings (SSSR count). The van der Waals surface area contributed by atoms with Gasteiger partial charge in [0, 0.05) is 17.7 Å². The van der Waals surface area contributed by atoms with Crippen molar-refractivity contribution >= 4 is 11.6 Å². The minimum absolute atomic E-state index is 0.0944. The monoisotopic (exact) mass is 254 g/mol. The number of hydrogen-bond acceptors (Lipinski definition) is 4. The average molecular weight is 254 g/mol. The summed E-state index contributed by atoms with van der Waals surface area (Å²) in [5.74, 6) is -1.41. The molecule has 2 N–H and O–H groups in total. The summed E-state index contributed by atoms with van der Waals surface area (Å²) in [5, 5.41) is 22.2.